The number of carbonyl (C=O) groups excluding carboxylic acids is 3. The fourth-order valence-electron chi connectivity index (χ4n) is 4.07. The number of anilines is 1. The Morgan fingerprint density at radius 3 is 2.38 bits per heavy atom. The smallest absolute Gasteiger partial charge is 0.251 e. The SMILES string of the molecule is CCC(CC)C(=O)N1CCC(NC(=O)c2cccc(NC(=O)C3CC3C)c2)CC1. The van der Waals surface area contributed by atoms with Crippen LogP contribution in [0.5, 0.6) is 0 Å². The van der Waals surface area contributed by atoms with Gasteiger partial charge in [0.15, 0.2) is 0 Å². The molecule has 1 saturated carbocycles. The van der Waals surface area contributed by atoms with Gasteiger partial charge < -0.3 is 15.5 Å². The number of hydrogen-bond acceptors (Lipinski definition) is 3. The van der Waals surface area contributed by atoms with Crippen molar-refractivity contribution < 1.29 is 14.4 Å². The first-order valence-electron chi connectivity index (χ1n) is 10.9. The molecule has 1 heterocycles. The van der Waals surface area contributed by atoms with Crippen molar-refractivity contribution in [3.63, 3.8) is 0 Å². The number of amides is 3. The van der Waals surface area contributed by atoms with E-state index in [0.29, 0.717) is 30.3 Å². The summed E-state index contributed by atoms with van der Waals surface area (Å²) in [6.07, 6.45) is 4.22. The van der Waals surface area contributed by atoms with Gasteiger partial charge in [0.05, 0.1) is 0 Å². The van der Waals surface area contributed by atoms with Gasteiger partial charge in [0, 0.05) is 42.2 Å². The van der Waals surface area contributed by atoms with Crippen LogP contribution in [0.2, 0.25) is 0 Å². The zero-order valence-corrected chi connectivity index (χ0v) is 17.7. The molecule has 2 unspecified atom stereocenters. The lowest BCUT2D eigenvalue weighted by Gasteiger charge is -2.34. The number of benzene rings is 1. The number of nitrogens with zero attached hydrogens (tertiary/aromatic N) is 1. The monoisotopic (exact) mass is 399 g/mol. The van der Waals surface area contributed by atoms with Gasteiger partial charge in [-0.2, -0.15) is 0 Å². The van der Waals surface area contributed by atoms with Crippen LogP contribution in [0.1, 0.15) is 63.2 Å². The number of hydrogen-bond donors (Lipinski definition) is 2. The van der Waals surface area contributed by atoms with E-state index in [1.54, 1.807) is 18.2 Å². The molecule has 1 aliphatic carbocycles. The Hall–Kier alpha value is -2.37. The highest BCUT2D eigenvalue weighted by Gasteiger charge is 2.39. The first-order chi connectivity index (χ1) is 13.9. The molecule has 0 aromatic heterocycles. The van der Waals surface area contributed by atoms with E-state index >= 15 is 0 Å². The lowest BCUT2D eigenvalue weighted by atomic mass is 9.98. The Bertz CT molecular complexity index is 751. The third-order valence-corrected chi connectivity index (χ3v) is 6.32. The Labute approximate surface area is 173 Å². The maximum absolute atomic E-state index is 12.7. The predicted molar refractivity (Wildman–Crippen MR) is 113 cm³/mol. The fraction of sp³-hybridized carbons (Fsp3) is 0.609. The van der Waals surface area contributed by atoms with Crippen molar-refractivity contribution in [3.05, 3.63) is 29.8 Å². The molecule has 6 heteroatoms. The van der Waals surface area contributed by atoms with Gasteiger partial charge in [0.2, 0.25) is 11.8 Å². The van der Waals surface area contributed by atoms with Crippen LogP contribution in [0.15, 0.2) is 24.3 Å². The minimum Gasteiger partial charge on any atom is -0.349 e. The minimum absolute atomic E-state index is 0.0320. The van der Waals surface area contributed by atoms with Crippen LogP contribution in [0.3, 0.4) is 0 Å². The molecule has 1 saturated heterocycles. The van der Waals surface area contributed by atoms with Gasteiger partial charge in [-0.05, 0) is 56.2 Å². The second-order valence-electron chi connectivity index (χ2n) is 8.48. The molecule has 2 fully saturated rings. The number of carbonyl (C=O) groups is 3. The molecule has 1 aromatic carbocycles. The minimum atomic E-state index is -0.134. The molecule has 0 spiro atoms. The fourth-order valence-corrected chi connectivity index (χ4v) is 4.07. The zero-order valence-electron chi connectivity index (χ0n) is 17.7. The van der Waals surface area contributed by atoms with Crippen LogP contribution < -0.4 is 10.6 Å². The number of nitrogens with one attached hydrogen (secondary N) is 2. The van der Waals surface area contributed by atoms with E-state index in [0.717, 1.165) is 32.1 Å². The Kier molecular flexibility index (Phi) is 6.93. The summed E-state index contributed by atoms with van der Waals surface area (Å²) < 4.78 is 0. The highest BCUT2D eigenvalue weighted by Crippen LogP contribution is 2.38. The molecule has 0 bridgehead atoms. The van der Waals surface area contributed by atoms with E-state index in [1.165, 1.54) is 0 Å². The molecule has 2 atom stereocenters. The van der Waals surface area contributed by atoms with Crippen LogP contribution in [-0.2, 0) is 9.59 Å². The second kappa shape index (κ2) is 9.42. The van der Waals surface area contributed by atoms with Crippen LogP contribution >= 0.6 is 0 Å². The number of piperidine rings is 1. The number of rotatable bonds is 7. The first kappa shape index (κ1) is 21.3. The van der Waals surface area contributed by atoms with Crippen LogP contribution in [0, 0.1) is 17.8 Å². The van der Waals surface area contributed by atoms with Crippen LogP contribution in [0.25, 0.3) is 0 Å². The molecule has 0 radical (unpaired) electrons. The van der Waals surface area contributed by atoms with Gasteiger partial charge in [-0.15, -0.1) is 0 Å². The normalized spacial score (nSPS) is 21.7. The molecule has 158 valence electrons. The first-order valence-corrected chi connectivity index (χ1v) is 10.9. The highest BCUT2D eigenvalue weighted by molar-refractivity contribution is 5.98. The molecule has 2 N–H and O–H groups in total. The maximum Gasteiger partial charge on any atom is 0.251 e. The van der Waals surface area contributed by atoms with Gasteiger partial charge >= 0.3 is 0 Å². The molecule has 1 aromatic rings. The van der Waals surface area contributed by atoms with Crippen LogP contribution in [0.4, 0.5) is 5.69 Å². The Balaban J connectivity index is 1.50. The standard InChI is InChI=1S/C23H33N3O3/c1-4-16(5-2)23(29)26-11-9-18(10-12-26)24-21(27)17-7-6-8-19(14-17)25-22(28)20-13-15(20)3/h6-8,14-16,18,20H,4-5,9-13H2,1-3H3,(H,24,27)(H,25,28). The molecular weight excluding hydrogens is 366 g/mol. The van der Waals surface area contributed by atoms with E-state index in [9.17, 15) is 14.4 Å². The molecule has 1 aliphatic heterocycles. The average Bonchev–Trinajstić information content (AvgIpc) is 3.46. The summed E-state index contributed by atoms with van der Waals surface area (Å²) in [5.41, 5.74) is 1.20. The zero-order chi connectivity index (χ0) is 21.0. The van der Waals surface area contributed by atoms with E-state index in [2.05, 4.69) is 31.4 Å². The van der Waals surface area contributed by atoms with Crippen molar-refractivity contribution >= 4 is 23.4 Å². The second-order valence-corrected chi connectivity index (χ2v) is 8.48. The van der Waals surface area contributed by atoms with Crippen LogP contribution in [-0.4, -0.2) is 41.8 Å². The van der Waals surface area contributed by atoms with Gasteiger partial charge in [0.1, 0.15) is 0 Å². The Morgan fingerprint density at radius 2 is 1.79 bits per heavy atom. The van der Waals surface area contributed by atoms with Crippen molar-refractivity contribution in [1.82, 2.24) is 10.2 Å². The quantitative estimate of drug-likeness (QED) is 0.737. The van der Waals surface area contributed by atoms with Crippen molar-refractivity contribution in [2.45, 2.75) is 58.9 Å². The van der Waals surface area contributed by atoms with E-state index in [4.69, 9.17) is 0 Å². The Morgan fingerprint density at radius 1 is 1.14 bits per heavy atom. The molecule has 3 amide bonds. The largest absolute Gasteiger partial charge is 0.349 e. The van der Waals surface area contributed by atoms with Crippen molar-refractivity contribution in [1.29, 1.82) is 0 Å². The van der Waals surface area contributed by atoms with Crippen molar-refractivity contribution in [2.24, 2.45) is 17.8 Å². The molecule has 6 nitrogen and oxygen atoms in total. The third kappa shape index (κ3) is 5.37. The van der Waals surface area contributed by atoms with Crippen molar-refractivity contribution in [3.8, 4) is 0 Å². The number of likely N-dealkylation sites (tertiary alicyclic amines) is 1. The summed E-state index contributed by atoms with van der Waals surface area (Å²) in [7, 11) is 0. The molecular formula is C23H33N3O3. The summed E-state index contributed by atoms with van der Waals surface area (Å²) in [4.78, 5) is 39.2. The van der Waals surface area contributed by atoms with Gasteiger partial charge in [-0.1, -0.05) is 26.8 Å². The van der Waals surface area contributed by atoms with Gasteiger partial charge in [-0.3, -0.25) is 14.4 Å². The topological polar surface area (TPSA) is 78.5 Å². The van der Waals surface area contributed by atoms with E-state index in [1.807, 2.05) is 11.0 Å². The molecule has 2 aliphatic rings. The maximum atomic E-state index is 12.7. The predicted octanol–water partition coefficient (Wildman–Crippen LogP) is 3.44. The summed E-state index contributed by atoms with van der Waals surface area (Å²) in [5.74, 6) is 0.797. The summed E-state index contributed by atoms with van der Waals surface area (Å²) in [6.45, 7) is 7.56. The molecule has 3 rings (SSSR count). The van der Waals surface area contributed by atoms with Crippen molar-refractivity contribution in [2.75, 3.05) is 18.4 Å². The summed E-state index contributed by atoms with van der Waals surface area (Å²) in [5, 5.41) is 5.99. The third-order valence-electron chi connectivity index (χ3n) is 6.32. The molecule has 29 heavy (non-hydrogen) atoms. The van der Waals surface area contributed by atoms with Gasteiger partial charge in [0.25, 0.3) is 5.91 Å². The van der Waals surface area contributed by atoms with E-state index in [-0.39, 0.29) is 35.6 Å². The lowest BCUT2D eigenvalue weighted by Crippen LogP contribution is -2.48. The summed E-state index contributed by atoms with van der Waals surface area (Å²) in [6, 6.07) is 7.16. The van der Waals surface area contributed by atoms with Gasteiger partial charge in [-0.25, -0.2) is 0 Å². The average molecular weight is 400 g/mol. The van der Waals surface area contributed by atoms with E-state index < -0.39 is 0 Å². The lowest BCUT2D eigenvalue weighted by molar-refractivity contribution is -0.136. The highest BCUT2D eigenvalue weighted by atomic mass is 16.2. The summed E-state index contributed by atoms with van der Waals surface area (Å²) >= 11 is 0.